The summed E-state index contributed by atoms with van der Waals surface area (Å²) < 4.78 is 5.46. The molecule has 3 heterocycles. The summed E-state index contributed by atoms with van der Waals surface area (Å²) >= 11 is 6.09. The number of hydrogen-bond acceptors (Lipinski definition) is 7. The summed E-state index contributed by atoms with van der Waals surface area (Å²) in [5.74, 6) is 1.74. The van der Waals surface area contributed by atoms with Gasteiger partial charge in [0.15, 0.2) is 0 Å². The molecule has 2 fully saturated rings. The predicted molar refractivity (Wildman–Crippen MR) is 142 cm³/mol. The standard InChI is InChI=1S/C27H37ClN6O2/c1-20-2-7-23-25(20)26(31-19-30-23)33-10-12-34(13-11-33)27(35)24(18-21-3-5-22(28)6-4-21)29-8-9-32-14-16-36-17-15-32/h3-6,19-20,24,29H,2,7-18H2,1H3/t20-,24-/m1/s1. The molecule has 1 aromatic carbocycles. The van der Waals surface area contributed by atoms with Crippen LogP contribution in [0.15, 0.2) is 30.6 Å². The first-order valence-electron chi connectivity index (χ1n) is 13.2. The Kier molecular flexibility index (Phi) is 8.36. The highest BCUT2D eigenvalue weighted by molar-refractivity contribution is 6.30. The third kappa shape index (κ3) is 5.99. The first-order chi connectivity index (χ1) is 17.6. The lowest BCUT2D eigenvalue weighted by molar-refractivity contribution is -0.133. The molecule has 36 heavy (non-hydrogen) atoms. The van der Waals surface area contributed by atoms with Gasteiger partial charge in [-0.3, -0.25) is 9.69 Å². The van der Waals surface area contributed by atoms with E-state index in [0.29, 0.717) is 30.5 Å². The lowest BCUT2D eigenvalue weighted by atomic mass is 10.0. The molecule has 9 heteroatoms. The summed E-state index contributed by atoms with van der Waals surface area (Å²) in [5, 5.41) is 4.28. The number of amides is 1. The fourth-order valence-electron chi connectivity index (χ4n) is 5.56. The van der Waals surface area contributed by atoms with Gasteiger partial charge in [0, 0.05) is 68.6 Å². The van der Waals surface area contributed by atoms with Crippen molar-refractivity contribution in [2.75, 3.05) is 70.5 Å². The Morgan fingerprint density at radius 1 is 1.11 bits per heavy atom. The minimum Gasteiger partial charge on any atom is -0.379 e. The summed E-state index contributed by atoms with van der Waals surface area (Å²) in [7, 11) is 0. The van der Waals surface area contributed by atoms with Crippen molar-refractivity contribution in [3.63, 3.8) is 0 Å². The lowest BCUT2D eigenvalue weighted by Crippen LogP contribution is -2.55. The molecule has 1 amide bonds. The normalized spacial score (nSPS) is 21.4. The van der Waals surface area contributed by atoms with Gasteiger partial charge < -0.3 is 19.9 Å². The van der Waals surface area contributed by atoms with E-state index in [0.717, 1.165) is 76.7 Å². The fraction of sp³-hybridized carbons (Fsp3) is 0.593. The molecule has 0 unspecified atom stereocenters. The van der Waals surface area contributed by atoms with E-state index in [4.69, 9.17) is 16.3 Å². The van der Waals surface area contributed by atoms with Crippen LogP contribution < -0.4 is 10.2 Å². The molecule has 2 aromatic rings. The molecule has 8 nitrogen and oxygen atoms in total. The number of aryl methyl sites for hydroxylation is 1. The second-order valence-corrected chi connectivity index (χ2v) is 10.5. The van der Waals surface area contributed by atoms with Crippen LogP contribution in [-0.2, 0) is 22.4 Å². The molecule has 2 saturated heterocycles. The molecule has 1 aromatic heterocycles. The number of nitrogens with one attached hydrogen (secondary N) is 1. The van der Waals surface area contributed by atoms with E-state index >= 15 is 0 Å². The average molecular weight is 513 g/mol. The van der Waals surface area contributed by atoms with Gasteiger partial charge in [-0.1, -0.05) is 30.7 Å². The smallest absolute Gasteiger partial charge is 0.240 e. The van der Waals surface area contributed by atoms with Crippen LogP contribution in [0, 0.1) is 0 Å². The molecule has 0 radical (unpaired) electrons. The lowest BCUT2D eigenvalue weighted by Gasteiger charge is -2.38. The summed E-state index contributed by atoms with van der Waals surface area (Å²) in [6.07, 6.45) is 4.52. The number of benzene rings is 1. The van der Waals surface area contributed by atoms with Gasteiger partial charge in [0.05, 0.1) is 19.3 Å². The fourth-order valence-corrected chi connectivity index (χ4v) is 5.68. The van der Waals surface area contributed by atoms with E-state index in [1.165, 1.54) is 11.3 Å². The van der Waals surface area contributed by atoms with Crippen molar-refractivity contribution in [3.8, 4) is 0 Å². The number of piperazine rings is 1. The van der Waals surface area contributed by atoms with E-state index in [9.17, 15) is 4.79 Å². The molecule has 2 aliphatic heterocycles. The summed E-state index contributed by atoms with van der Waals surface area (Å²) in [5.41, 5.74) is 3.61. The molecule has 3 aliphatic rings. The highest BCUT2D eigenvalue weighted by atomic mass is 35.5. The third-order valence-corrected chi connectivity index (χ3v) is 7.97. The topological polar surface area (TPSA) is 73.8 Å². The largest absolute Gasteiger partial charge is 0.379 e. The maximum atomic E-state index is 13.7. The van der Waals surface area contributed by atoms with Gasteiger partial charge in [-0.15, -0.1) is 0 Å². The molecule has 0 saturated carbocycles. The Balaban J connectivity index is 1.21. The van der Waals surface area contributed by atoms with Gasteiger partial charge in [-0.2, -0.15) is 0 Å². The number of carbonyl (C=O) groups is 1. The highest BCUT2D eigenvalue weighted by Crippen LogP contribution is 2.37. The number of anilines is 1. The molecular formula is C27H37ClN6O2. The van der Waals surface area contributed by atoms with Gasteiger partial charge in [-0.25, -0.2) is 9.97 Å². The predicted octanol–water partition coefficient (Wildman–Crippen LogP) is 2.36. The van der Waals surface area contributed by atoms with Crippen molar-refractivity contribution in [1.29, 1.82) is 0 Å². The van der Waals surface area contributed by atoms with Crippen molar-refractivity contribution in [3.05, 3.63) is 52.4 Å². The zero-order valence-corrected chi connectivity index (χ0v) is 21.9. The number of carbonyl (C=O) groups excluding carboxylic acids is 1. The van der Waals surface area contributed by atoms with Crippen LogP contribution in [0.1, 0.15) is 36.1 Å². The second kappa shape index (κ2) is 11.9. The van der Waals surface area contributed by atoms with Crippen LogP contribution >= 0.6 is 11.6 Å². The SMILES string of the molecule is C[C@@H]1CCc2ncnc(N3CCN(C(=O)[C@@H](Cc4ccc(Cl)cc4)NCCN4CCOCC4)CC3)c21. The monoisotopic (exact) mass is 512 g/mol. The van der Waals surface area contributed by atoms with Crippen LogP contribution in [0.5, 0.6) is 0 Å². The van der Waals surface area contributed by atoms with E-state index < -0.39 is 0 Å². The van der Waals surface area contributed by atoms with Crippen LogP contribution in [0.25, 0.3) is 0 Å². The number of morpholine rings is 1. The number of fused-ring (bicyclic) bond motifs is 1. The second-order valence-electron chi connectivity index (χ2n) is 10.1. The van der Waals surface area contributed by atoms with Crippen molar-refractivity contribution >= 4 is 23.3 Å². The Morgan fingerprint density at radius 2 is 1.86 bits per heavy atom. The van der Waals surface area contributed by atoms with Gasteiger partial charge in [-0.05, 0) is 42.9 Å². The number of hydrogen-bond donors (Lipinski definition) is 1. The summed E-state index contributed by atoms with van der Waals surface area (Å²) in [4.78, 5) is 29.6. The van der Waals surface area contributed by atoms with Crippen LogP contribution in [0.2, 0.25) is 5.02 Å². The minimum atomic E-state index is -0.262. The van der Waals surface area contributed by atoms with Crippen LogP contribution in [0.3, 0.4) is 0 Å². The number of ether oxygens (including phenoxy) is 1. The van der Waals surface area contributed by atoms with Crippen LogP contribution in [0.4, 0.5) is 5.82 Å². The maximum absolute atomic E-state index is 13.7. The molecule has 0 bridgehead atoms. The van der Waals surface area contributed by atoms with Gasteiger partial charge in [0.25, 0.3) is 0 Å². The highest BCUT2D eigenvalue weighted by Gasteiger charge is 2.31. The molecular weight excluding hydrogens is 476 g/mol. The molecule has 1 N–H and O–H groups in total. The maximum Gasteiger partial charge on any atom is 0.240 e. The van der Waals surface area contributed by atoms with Crippen molar-refractivity contribution in [1.82, 2.24) is 25.1 Å². The minimum absolute atomic E-state index is 0.174. The number of rotatable bonds is 8. The van der Waals surface area contributed by atoms with Gasteiger partial charge in [0.1, 0.15) is 12.1 Å². The number of aromatic nitrogens is 2. The zero-order valence-electron chi connectivity index (χ0n) is 21.2. The Morgan fingerprint density at radius 3 is 2.61 bits per heavy atom. The molecule has 1 aliphatic carbocycles. The van der Waals surface area contributed by atoms with E-state index in [-0.39, 0.29) is 11.9 Å². The van der Waals surface area contributed by atoms with Crippen LogP contribution in [-0.4, -0.2) is 97.3 Å². The Bertz CT molecular complexity index is 1020. The van der Waals surface area contributed by atoms with Gasteiger partial charge >= 0.3 is 0 Å². The third-order valence-electron chi connectivity index (χ3n) is 7.72. The van der Waals surface area contributed by atoms with Gasteiger partial charge in [0.2, 0.25) is 5.91 Å². The number of halogens is 1. The van der Waals surface area contributed by atoms with E-state index in [2.05, 4.69) is 32.0 Å². The Hall–Kier alpha value is -2.26. The van der Waals surface area contributed by atoms with E-state index in [1.807, 2.05) is 29.2 Å². The summed E-state index contributed by atoms with van der Waals surface area (Å²) in [6.45, 7) is 10.4. The quantitative estimate of drug-likeness (QED) is 0.582. The first kappa shape index (κ1) is 25.4. The average Bonchev–Trinajstić information content (AvgIpc) is 3.30. The molecule has 0 spiro atoms. The Labute approximate surface area is 219 Å². The zero-order chi connectivity index (χ0) is 24.9. The summed E-state index contributed by atoms with van der Waals surface area (Å²) in [6, 6.07) is 7.56. The number of nitrogens with zero attached hydrogens (tertiary/aromatic N) is 5. The molecule has 194 valence electrons. The van der Waals surface area contributed by atoms with E-state index in [1.54, 1.807) is 6.33 Å². The molecule has 5 rings (SSSR count). The first-order valence-corrected chi connectivity index (χ1v) is 13.6. The molecule has 2 atom stereocenters. The van der Waals surface area contributed by atoms with Crippen molar-refractivity contribution < 1.29 is 9.53 Å². The van der Waals surface area contributed by atoms with Crippen molar-refractivity contribution in [2.45, 2.75) is 38.1 Å². The van der Waals surface area contributed by atoms with Crippen molar-refractivity contribution in [2.24, 2.45) is 0 Å².